The first-order chi connectivity index (χ1) is 7.86. The number of allylic oxidation sites excluding steroid dienone is 1. The molecule has 0 atom stereocenters. The van der Waals surface area contributed by atoms with Crippen molar-refractivity contribution >= 4 is 28.9 Å². The summed E-state index contributed by atoms with van der Waals surface area (Å²) in [6.45, 7) is 0. The van der Waals surface area contributed by atoms with Gasteiger partial charge in [0.05, 0.1) is 0 Å². The summed E-state index contributed by atoms with van der Waals surface area (Å²) >= 11 is 0. The van der Waals surface area contributed by atoms with Crippen LogP contribution in [0.1, 0.15) is 15.9 Å². The minimum absolute atomic E-state index is 0. The summed E-state index contributed by atoms with van der Waals surface area (Å²) in [7, 11) is 0. The summed E-state index contributed by atoms with van der Waals surface area (Å²) in [6, 6.07) is 19.1. The molecule has 0 aliphatic rings. The van der Waals surface area contributed by atoms with Crippen molar-refractivity contribution in [3.8, 4) is 0 Å². The predicted octanol–water partition coefficient (Wildman–Crippen LogP) is 2.67. The Morgan fingerprint density at radius 3 is 1.94 bits per heavy atom. The molecule has 0 bridgehead atoms. The Morgan fingerprint density at radius 2 is 1.35 bits per heavy atom. The molecule has 1 nitrogen and oxygen atoms in total. The standard InChI is InChI=1S/C15H12O.H2Se/c16-15(14-9-5-2-6-10-14)12-11-13-7-3-1-4-8-13;/h1-12H;1H2. The van der Waals surface area contributed by atoms with E-state index in [1.54, 1.807) is 6.08 Å². The summed E-state index contributed by atoms with van der Waals surface area (Å²) in [5.74, 6) is 0.0319. The van der Waals surface area contributed by atoms with Crippen molar-refractivity contribution in [3.63, 3.8) is 0 Å². The van der Waals surface area contributed by atoms with E-state index in [2.05, 4.69) is 0 Å². The molecule has 0 fully saturated rings. The van der Waals surface area contributed by atoms with Gasteiger partial charge in [0, 0.05) is 5.56 Å². The van der Waals surface area contributed by atoms with Gasteiger partial charge in [-0.05, 0) is 11.6 Å². The van der Waals surface area contributed by atoms with E-state index in [1.165, 1.54) is 0 Å². The van der Waals surface area contributed by atoms with E-state index in [-0.39, 0.29) is 22.9 Å². The fourth-order valence-electron chi connectivity index (χ4n) is 1.43. The van der Waals surface area contributed by atoms with Gasteiger partial charge in [0.25, 0.3) is 0 Å². The zero-order valence-electron chi connectivity index (χ0n) is 9.34. The number of carbonyl (C=O) groups is 1. The van der Waals surface area contributed by atoms with Gasteiger partial charge in [-0.3, -0.25) is 4.79 Å². The van der Waals surface area contributed by atoms with Gasteiger partial charge in [0.1, 0.15) is 0 Å². The van der Waals surface area contributed by atoms with Crippen molar-refractivity contribution in [3.05, 3.63) is 77.9 Å². The quantitative estimate of drug-likeness (QED) is 0.482. The monoisotopic (exact) mass is 290 g/mol. The first-order valence-corrected chi connectivity index (χ1v) is 5.19. The van der Waals surface area contributed by atoms with Gasteiger partial charge >= 0.3 is 17.1 Å². The Hall–Kier alpha value is -1.63. The van der Waals surface area contributed by atoms with E-state index in [0.717, 1.165) is 11.1 Å². The Balaban J connectivity index is 0.00000144. The van der Waals surface area contributed by atoms with Gasteiger partial charge in [0.2, 0.25) is 0 Å². The number of carbonyl (C=O) groups excluding carboxylic acids is 1. The van der Waals surface area contributed by atoms with Gasteiger partial charge in [-0.1, -0.05) is 66.7 Å². The number of hydrogen-bond donors (Lipinski definition) is 0. The van der Waals surface area contributed by atoms with Crippen molar-refractivity contribution < 1.29 is 4.79 Å². The van der Waals surface area contributed by atoms with E-state index >= 15 is 0 Å². The van der Waals surface area contributed by atoms with Crippen LogP contribution in [0.2, 0.25) is 0 Å². The molecule has 0 aromatic heterocycles. The van der Waals surface area contributed by atoms with Crippen LogP contribution < -0.4 is 0 Å². The summed E-state index contributed by atoms with van der Waals surface area (Å²) in [6.07, 6.45) is 3.43. The molecule has 2 aromatic rings. The number of hydrogen-bond acceptors (Lipinski definition) is 1. The van der Waals surface area contributed by atoms with Crippen molar-refractivity contribution in [1.82, 2.24) is 0 Å². The molecule has 0 spiro atoms. The Kier molecular flexibility index (Phi) is 5.41. The summed E-state index contributed by atoms with van der Waals surface area (Å²) in [5, 5.41) is 0. The topological polar surface area (TPSA) is 17.1 Å². The van der Waals surface area contributed by atoms with Gasteiger partial charge < -0.3 is 0 Å². The second-order valence-corrected chi connectivity index (χ2v) is 3.47. The molecule has 0 radical (unpaired) electrons. The van der Waals surface area contributed by atoms with Crippen LogP contribution in [0.5, 0.6) is 0 Å². The minimum atomic E-state index is 0. The van der Waals surface area contributed by atoms with Crippen LogP contribution in [-0.2, 0) is 0 Å². The van der Waals surface area contributed by atoms with Crippen LogP contribution >= 0.6 is 0 Å². The van der Waals surface area contributed by atoms with Crippen LogP contribution in [0.25, 0.3) is 6.08 Å². The van der Waals surface area contributed by atoms with E-state index in [4.69, 9.17) is 0 Å². The second-order valence-electron chi connectivity index (χ2n) is 3.47. The fraction of sp³-hybridized carbons (Fsp3) is 0. The molecule has 86 valence electrons. The third-order valence-corrected chi connectivity index (χ3v) is 2.29. The molecular weight excluding hydrogens is 275 g/mol. The zero-order chi connectivity index (χ0) is 11.2. The van der Waals surface area contributed by atoms with Gasteiger partial charge in [-0.2, -0.15) is 0 Å². The predicted molar refractivity (Wildman–Crippen MR) is 74.8 cm³/mol. The van der Waals surface area contributed by atoms with Crippen LogP contribution in [-0.4, -0.2) is 22.9 Å². The molecule has 0 saturated carbocycles. The van der Waals surface area contributed by atoms with Crippen molar-refractivity contribution in [2.45, 2.75) is 0 Å². The van der Waals surface area contributed by atoms with Crippen LogP contribution in [0.15, 0.2) is 66.7 Å². The van der Waals surface area contributed by atoms with Crippen molar-refractivity contribution in [2.24, 2.45) is 0 Å². The summed E-state index contributed by atoms with van der Waals surface area (Å²) < 4.78 is 0. The van der Waals surface area contributed by atoms with E-state index in [9.17, 15) is 4.79 Å². The molecule has 0 unspecified atom stereocenters. The van der Waals surface area contributed by atoms with E-state index < -0.39 is 0 Å². The molecule has 0 saturated heterocycles. The van der Waals surface area contributed by atoms with Crippen molar-refractivity contribution in [1.29, 1.82) is 0 Å². The molecule has 0 amide bonds. The molecular formula is C15H14OSe. The van der Waals surface area contributed by atoms with Crippen molar-refractivity contribution in [2.75, 3.05) is 0 Å². The first-order valence-electron chi connectivity index (χ1n) is 5.19. The number of benzene rings is 2. The average molecular weight is 289 g/mol. The van der Waals surface area contributed by atoms with Crippen LogP contribution in [0.3, 0.4) is 0 Å². The second kappa shape index (κ2) is 6.85. The Bertz CT molecular complexity index is 489. The molecule has 0 N–H and O–H groups in total. The average Bonchev–Trinajstić information content (AvgIpc) is 2.38. The van der Waals surface area contributed by atoms with E-state index in [1.807, 2.05) is 66.7 Å². The number of ketones is 1. The summed E-state index contributed by atoms with van der Waals surface area (Å²) in [5.41, 5.74) is 1.75. The normalized spacial score (nSPS) is 9.88. The number of rotatable bonds is 3. The van der Waals surface area contributed by atoms with Gasteiger partial charge in [-0.25, -0.2) is 0 Å². The van der Waals surface area contributed by atoms with Crippen LogP contribution in [0.4, 0.5) is 0 Å². The van der Waals surface area contributed by atoms with Crippen LogP contribution in [0, 0.1) is 0 Å². The van der Waals surface area contributed by atoms with Gasteiger partial charge in [-0.15, -0.1) is 0 Å². The molecule has 0 aliphatic heterocycles. The molecule has 2 heteroatoms. The molecule has 0 heterocycles. The fourth-order valence-corrected chi connectivity index (χ4v) is 1.43. The Labute approximate surface area is 112 Å². The third kappa shape index (κ3) is 4.03. The van der Waals surface area contributed by atoms with Gasteiger partial charge in [0.15, 0.2) is 5.78 Å². The molecule has 2 rings (SSSR count). The zero-order valence-corrected chi connectivity index (χ0v) is 11.4. The first kappa shape index (κ1) is 13.4. The maximum absolute atomic E-state index is 11.7. The Morgan fingerprint density at radius 1 is 0.824 bits per heavy atom. The molecule has 0 aliphatic carbocycles. The van der Waals surface area contributed by atoms with E-state index in [0.29, 0.717) is 0 Å². The SMILES string of the molecule is O=C(C=Cc1ccccc1)c1ccccc1.[SeH2]. The molecule has 17 heavy (non-hydrogen) atoms. The summed E-state index contributed by atoms with van der Waals surface area (Å²) in [4.78, 5) is 11.7. The third-order valence-electron chi connectivity index (χ3n) is 2.29. The maximum atomic E-state index is 11.7. The molecule has 2 aromatic carbocycles.